The molecule has 37 heavy (non-hydrogen) atoms. The summed E-state index contributed by atoms with van der Waals surface area (Å²) in [5.41, 5.74) is 0.0347. The van der Waals surface area contributed by atoms with Gasteiger partial charge in [0, 0.05) is 41.9 Å². The van der Waals surface area contributed by atoms with Crippen LogP contribution in [0.5, 0.6) is 0 Å². The second kappa shape index (κ2) is 9.48. The van der Waals surface area contributed by atoms with E-state index in [1.807, 2.05) is 6.07 Å². The third-order valence-corrected chi connectivity index (χ3v) is 8.65. The highest BCUT2D eigenvalue weighted by Crippen LogP contribution is 2.57. The van der Waals surface area contributed by atoms with E-state index in [0.29, 0.717) is 42.0 Å². The molecule has 8 heteroatoms. The van der Waals surface area contributed by atoms with Crippen LogP contribution in [0.25, 0.3) is 0 Å². The predicted molar refractivity (Wildman–Crippen MR) is 143 cm³/mol. The van der Waals surface area contributed by atoms with Crippen LogP contribution in [0.1, 0.15) is 69.9 Å². The van der Waals surface area contributed by atoms with E-state index in [0.717, 1.165) is 0 Å². The minimum Gasteiger partial charge on any atom is -0.325 e. The van der Waals surface area contributed by atoms with Gasteiger partial charge in [-0.05, 0) is 53.5 Å². The Labute approximate surface area is 226 Å². The second-order valence-electron chi connectivity index (χ2n) is 11.9. The maximum absolute atomic E-state index is 15.7. The zero-order valence-electron chi connectivity index (χ0n) is 21.2. The van der Waals surface area contributed by atoms with E-state index in [9.17, 15) is 14.4 Å². The van der Waals surface area contributed by atoms with E-state index in [4.69, 9.17) is 23.2 Å². The fourth-order valence-corrected chi connectivity index (χ4v) is 7.03. The van der Waals surface area contributed by atoms with Crippen molar-refractivity contribution >= 4 is 46.4 Å². The summed E-state index contributed by atoms with van der Waals surface area (Å²) in [4.78, 5) is 39.9. The number of carbonyl (C=O) groups is 3. The van der Waals surface area contributed by atoms with Crippen LogP contribution in [-0.4, -0.2) is 29.6 Å². The van der Waals surface area contributed by atoms with E-state index >= 15 is 4.39 Å². The summed E-state index contributed by atoms with van der Waals surface area (Å²) < 4.78 is 15.7. The van der Waals surface area contributed by atoms with Crippen LogP contribution in [0, 0.1) is 17.2 Å². The van der Waals surface area contributed by atoms with Crippen LogP contribution in [0.2, 0.25) is 10.0 Å². The summed E-state index contributed by atoms with van der Waals surface area (Å²) in [6.07, 6.45) is 2.30. The Bertz CT molecular complexity index is 1290. The van der Waals surface area contributed by atoms with Gasteiger partial charge < -0.3 is 10.6 Å². The van der Waals surface area contributed by atoms with E-state index in [1.165, 1.54) is 6.07 Å². The summed E-state index contributed by atoms with van der Waals surface area (Å²) in [6, 6.07) is 8.68. The Morgan fingerprint density at radius 1 is 1.16 bits per heavy atom. The molecule has 0 unspecified atom stereocenters. The fraction of sp³-hybridized carbons (Fsp3) is 0.483. The number of halogens is 3. The number of hydrogen-bond donors (Lipinski definition) is 2. The molecule has 5 nitrogen and oxygen atoms in total. The normalized spacial score (nSPS) is 29.1. The molecule has 2 aliphatic heterocycles. The molecule has 196 valence electrons. The molecule has 3 aliphatic rings. The lowest BCUT2D eigenvalue weighted by Gasteiger charge is -2.37. The number of anilines is 1. The molecule has 1 saturated carbocycles. The molecule has 5 rings (SSSR count). The van der Waals surface area contributed by atoms with Crippen molar-refractivity contribution in [2.24, 2.45) is 11.3 Å². The zero-order chi connectivity index (χ0) is 26.7. The highest BCUT2D eigenvalue weighted by atomic mass is 35.5. The molecule has 1 aliphatic carbocycles. The first-order chi connectivity index (χ1) is 17.4. The summed E-state index contributed by atoms with van der Waals surface area (Å²) in [7, 11) is 0. The molecule has 1 spiro atoms. The number of fused-ring (bicyclic) bond motifs is 2. The molecule has 0 radical (unpaired) electrons. The Balaban J connectivity index is 1.70. The zero-order valence-corrected chi connectivity index (χ0v) is 22.7. The average Bonchev–Trinajstić information content (AvgIpc) is 3.44. The van der Waals surface area contributed by atoms with Crippen LogP contribution >= 0.6 is 23.2 Å². The van der Waals surface area contributed by atoms with Crippen molar-refractivity contribution < 1.29 is 18.8 Å². The number of rotatable bonds is 5. The van der Waals surface area contributed by atoms with Crippen LogP contribution in [0.4, 0.5) is 10.1 Å². The number of hydrogen-bond acceptors (Lipinski definition) is 4. The van der Waals surface area contributed by atoms with Gasteiger partial charge in [0.25, 0.3) is 0 Å². The van der Waals surface area contributed by atoms with E-state index < -0.39 is 29.2 Å². The Morgan fingerprint density at radius 2 is 1.92 bits per heavy atom. The number of benzene rings is 2. The lowest BCUT2D eigenvalue weighted by Crippen LogP contribution is -2.49. The van der Waals surface area contributed by atoms with Gasteiger partial charge >= 0.3 is 0 Å². The monoisotopic (exact) mass is 544 g/mol. The molecule has 1 saturated heterocycles. The van der Waals surface area contributed by atoms with Crippen molar-refractivity contribution in [3.63, 3.8) is 0 Å². The van der Waals surface area contributed by atoms with E-state index in [-0.39, 0.29) is 45.8 Å². The number of Topliss-reactive ketones (excluding diaryl/α,β-unsaturated/α-hetero) is 2. The first-order valence-electron chi connectivity index (χ1n) is 12.8. The first kappa shape index (κ1) is 26.3. The lowest BCUT2D eigenvalue weighted by molar-refractivity contribution is -0.123. The molecule has 2 fully saturated rings. The molecule has 2 heterocycles. The molecule has 2 N–H and O–H groups in total. The van der Waals surface area contributed by atoms with E-state index in [2.05, 4.69) is 31.4 Å². The lowest BCUT2D eigenvalue weighted by atomic mass is 9.62. The van der Waals surface area contributed by atoms with Crippen molar-refractivity contribution in [1.29, 1.82) is 0 Å². The third kappa shape index (κ3) is 4.51. The van der Waals surface area contributed by atoms with Crippen LogP contribution < -0.4 is 10.6 Å². The van der Waals surface area contributed by atoms with Crippen LogP contribution in [0.15, 0.2) is 36.4 Å². The van der Waals surface area contributed by atoms with Crippen molar-refractivity contribution in [2.75, 3.05) is 5.32 Å². The van der Waals surface area contributed by atoms with Gasteiger partial charge in [-0.2, -0.15) is 0 Å². The maximum atomic E-state index is 15.7. The van der Waals surface area contributed by atoms with Gasteiger partial charge in [0.15, 0.2) is 5.78 Å². The molecule has 0 bridgehead atoms. The van der Waals surface area contributed by atoms with Crippen molar-refractivity contribution in [1.82, 2.24) is 5.32 Å². The van der Waals surface area contributed by atoms with Gasteiger partial charge in [0.1, 0.15) is 17.0 Å². The summed E-state index contributed by atoms with van der Waals surface area (Å²) in [5, 5.41) is 6.90. The average molecular weight is 545 g/mol. The largest absolute Gasteiger partial charge is 0.325 e. The predicted octanol–water partition coefficient (Wildman–Crippen LogP) is 6.21. The summed E-state index contributed by atoms with van der Waals surface area (Å²) in [5.74, 6) is -1.75. The Hall–Kier alpha value is -2.28. The first-order valence-corrected chi connectivity index (χ1v) is 13.5. The van der Waals surface area contributed by atoms with Gasteiger partial charge in [-0.15, -0.1) is 0 Å². The minimum absolute atomic E-state index is 0.0345. The summed E-state index contributed by atoms with van der Waals surface area (Å²) in [6.45, 7) is 6.23. The number of nitrogens with one attached hydrogen (secondary N) is 2. The van der Waals surface area contributed by atoms with Crippen molar-refractivity contribution in [2.45, 2.75) is 76.3 Å². The standard InChI is InChI=1S/C29H31Cl2FN2O3/c1-28(2,3)14-23-29(19-10-8-16(30)13-21(19)33-27(29)37)24(18-5-4-6-20(31)25(18)32)26(34-23)22(36)12-15-7-9-17(35)11-15/h4-6,8,10,13,15,23-24,26,34H,7,9,11-12,14H2,1-3H3,(H,33,37)/t15-,23+,24-,26-,29-/m0/s1. The van der Waals surface area contributed by atoms with Crippen molar-refractivity contribution in [3.05, 3.63) is 63.4 Å². The highest BCUT2D eigenvalue weighted by molar-refractivity contribution is 6.31. The van der Waals surface area contributed by atoms with Crippen molar-refractivity contribution in [3.8, 4) is 0 Å². The molecule has 2 aromatic rings. The smallest absolute Gasteiger partial charge is 0.237 e. The molecule has 5 atom stereocenters. The molecular weight excluding hydrogens is 514 g/mol. The molecule has 0 aromatic heterocycles. The topological polar surface area (TPSA) is 75.3 Å². The number of carbonyl (C=O) groups excluding carboxylic acids is 3. The van der Waals surface area contributed by atoms with Gasteiger partial charge in [0.2, 0.25) is 5.91 Å². The number of amides is 1. The second-order valence-corrected chi connectivity index (χ2v) is 12.8. The van der Waals surface area contributed by atoms with Gasteiger partial charge in [-0.1, -0.05) is 62.2 Å². The van der Waals surface area contributed by atoms with Crippen LogP contribution in [0.3, 0.4) is 0 Å². The molecule has 1 amide bonds. The summed E-state index contributed by atoms with van der Waals surface area (Å²) >= 11 is 12.5. The molecule has 2 aromatic carbocycles. The van der Waals surface area contributed by atoms with Gasteiger partial charge in [-0.25, -0.2) is 4.39 Å². The quantitative estimate of drug-likeness (QED) is 0.469. The van der Waals surface area contributed by atoms with E-state index in [1.54, 1.807) is 24.3 Å². The molecular formula is C29H31Cl2FN2O3. The fourth-order valence-electron chi connectivity index (χ4n) is 6.68. The minimum atomic E-state index is -1.26. The SMILES string of the molecule is CC(C)(C)C[C@H]1N[C@@H](C(=O)C[C@H]2CCC(=O)C2)[C@H](c2cccc(Cl)c2F)[C@@]12C(=O)Nc1cc(Cl)ccc12. The maximum Gasteiger partial charge on any atom is 0.237 e. The highest BCUT2D eigenvalue weighted by Gasteiger charge is 2.66. The Kier molecular flexibility index (Phi) is 6.74. The third-order valence-electron chi connectivity index (χ3n) is 8.12. The Morgan fingerprint density at radius 3 is 2.59 bits per heavy atom. The van der Waals surface area contributed by atoms with Gasteiger partial charge in [0.05, 0.1) is 11.1 Å². The van der Waals surface area contributed by atoms with Gasteiger partial charge in [-0.3, -0.25) is 14.4 Å². The number of ketones is 2. The van der Waals surface area contributed by atoms with Crippen LogP contribution in [-0.2, 0) is 19.8 Å².